The van der Waals surface area contributed by atoms with Crippen molar-refractivity contribution in [3.05, 3.63) is 119 Å². The Hall–Kier alpha value is -6.47. The molecule has 3 aromatic carbocycles. The summed E-state index contributed by atoms with van der Waals surface area (Å²) in [5.41, 5.74) is -8.02. The number of carbonyl (C=O) groups excluding carboxylic acids is 6. The Labute approximate surface area is 385 Å². The third-order valence-corrected chi connectivity index (χ3v) is 14.1. The van der Waals surface area contributed by atoms with Gasteiger partial charge in [0.15, 0.2) is 23.6 Å². The molecule has 1 aliphatic heterocycles. The number of hydrogen-bond donors (Lipinski definition) is 6. The molecule has 3 aromatic rings. The maximum absolute atomic E-state index is 15.8. The largest absolute Gasteiger partial charge is 0.480 e. The highest BCUT2D eigenvalue weighted by atomic mass is 16.6. The second-order valence-corrected chi connectivity index (χ2v) is 18.4. The van der Waals surface area contributed by atoms with Crippen molar-refractivity contribution in [2.45, 2.75) is 114 Å². The quantitative estimate of drug-likeness (QED) is 0.0864. The summed E-state index contributed by atoms with van der Waals surface area (Å²) in [5.74, 6) is -7.92. The Kier molecular flexibility index (Phi) is 13.2. The maximum Gasteiger partial charge on any atom is 0.408 e. The van der Waals surface area contributed by atoms with Gasteiger partial charge in [-0.2, -0.15) is 0 Å². The Bertz CT molecular complexity index is 2460. The first-order valence-corrected chi connectivity index (χ1v) is 21.8. The topological polar surface area (TPSA) is 271 Å². The molecule has 18 heteroatoms. The third kappa shape index (κ3) is 8.47. The van der Waals surface area contributed by atoms with Crippen molar-refractivity contribution in [3.63, 3.8) is 0 Å². The fraction of sp³-hybridized carbons (Fsp3) is 0.449. The zero-order valence-electron chi connectivity index (χ0n) is 37.7. The zero-order chi connectivity index (χ0) is 48.8. The Morgan fingerprint density at radius 3 is 1.97 bits per heavy atom. The molecule has 18 nitrogen and oxygen atoms in total. The van der Waals surface area contributed by atoms with Gasteiger partial charge in [0.1, 0.15) is 30.0 Å². The fourth-order valence-electron chi connectivity index (χ4n) is 10.4. The molecular weight excluding hydrogens is 873 g/mol. The lowest BCUT2D eigenvalue weighted by atomic mass is 9.44. The molecule has 0 radical (unpaired) electrons. The number of amides is 2. The van der Waals surface area contributed by atoms with Crippen LogP contribution in [-0.2, 0) is 42.9 Å². The summed E-state index contributed by atoms with van der Waals surface area (Å²) < 4.78 is 30.3. The number of hydrogen-bond acceptors (Lipinski definition) is 15. The summed E-state index contributed by atoms with van der Waals surface area (Å²) in [6.45, 7) is 7.57. The van der Waals surface area contributed by atoms with Crippen molar-refractivity contribution >= 4 is 41.7 Å². The maximum atomic E-state index is 15.8. The molecule has 1 heterocycles. The van der Waals surface area contributed by atoms with Crippen LogP contribution in [-0.4, -0.2) is 123 Å². The van der Waals surface area contributed by atoms with Crippen LogP contribution in [0.25, 0.3) is 0 Å². The summed E-state index contributed by atoms with van der Waals surface area (Å²) in [6, 6.07) is 20.9. The van der Waals surface area contributed by atoms with Gasteiger partial charge in [0.05, 0.1) is 35.6 Å². The van der Waals surface area contributed by atoms with Gasteiger partial charge in [-0.05, 0) is 61.7 Å². The number of aliphatic hydroxyl groups is 3. The molecular formula is C49H54N2O16. The molecule has 67 heavy (non-hydrogen) atoms. The van der Waals surface area contributed by atoms with Gasteiger partial charge in [0, 0.05) is 30.7 Å². The number of ketones is 1. The number of aliphatic hydroxyl groups excluding tert-OH is 2. The lowest BCUT2D eigenvalue weighted by Crippen LogP contribution is -2.82. The summed E-state index contributed by atoms with van der Waals surface area (Å²) in [5, 5.41) is 52.3. The van der Waals surface area contributed by atoms with Gasteiger partial charge >= 0.3 is 30.0 Å². The molecule has 2 bridgehead atoms. The number of alkyl carbamates (subject to hydrolysis) is 1. The molecule has 0 spiro atoms. The minimum atomic E-state index is -2.52. The van der Waals surface area contributed by atoms with Crippen LogP contribution in [0.4, 0.5) is 4.79 Å². The first-order valence-electron chi connectivity index (χ1n) is 21.8. The molecule has 3 fully saturated rings. The highest BCUT2D eigenvalue weighted by molar-refractivity contribution is 5.96. The fourth-order valence-corrected chi connectivity index (χ4v) is 10.4. The highest BCUT2D eigenvalue weighted by Crippen LogP contribution is 2.64. The predicted octanol–water partition coefficient (Wildman–Crippen LogP) is 3.37. The van der Waals surface area contributed by atoms with Gasteiger partial charge < -0.3 is 54.7 Å². The predicted molar refractivity (Wildman–Crippen MR) is 233 cm³/mol. The van der Waals surface area contributed by atoms with Crippen molar-refractivity contribution in [1.82, 2.24) is 10.6 Å². The molecule has 356 valence electrons. The van der Waals surface area contributed by atoms with Crippen LogP contribution in [0.1, 0.15) is 86.7 Å². The Morgan fingerprint density at radius 1 is 0.836 bits per heavy atom. The highest BCUT2D eigenvalue weighted by Gasteiger charge is 2.78. The number of carboxylic acids is 1. The van der Waals surface area contributed by atoms with E-state index in [1.165, 1.54) is 52.0 Å². The standard InChI is InChI=1S/C49H54N2O16/c1-25-31(64-44(60)36(54)35(28-16-10-7-11-17-28)51-41(56)29-18-12-8-13-19-29)23-49(62)40(66-43(59)30-20-14-9-15-21-30)38-47(6,32(53)22-33-48(38,24-63-33)67-27(3)52)39(55)37(34(25)46(49,4)5)65-45(61)50-26(2)42(57)58/h7-21,26,31-33,35-38,40,53-54,62H,22-24H2,1-6H3,(H,50,61)(H,51,56)(H,57,58)/t26-,31+,32+,33-,35+,36-,37-,38+,40+,47-,48+,49-/m1/s1. The van der Waals surface area contributed by atoms with Crippen molar-refractivity contribution in [3.8, 4) is 0 Å². The van der Waals surface area contributed by atoms with Crippen LogP contribution in [0.2, 0.25) is 0 Å². The summed E-state index contributed by atoms with van der Waals surface area (Å²) in [6.07, 6.45) is -12.9. The number of benzene rings is 3. The third-order valence-electron chi connectivity index (χ3n) is 14.1. The number of esters is 3. The Morgan fingerprint density at radius 2 is 1.42 bits per heavy atom. The van der Waals surface area contributed by atoms with E-state index in [2.05, 4.69) is 10.6 Å². The van der Waals surface area contributed by atoms with Crippen LogP contribution in [0.15, 0.2) is 102 Å². The molecule has 0 aromatic heterocycles. The van der Waals surface area contributed by atoms with Gasteiger partial charge in [-0.25, -0.2) is 14.4 Å². The minimum absolute atomic E-state index is 0.0158. The van der Waals surface area contributed by atoms with Gasteiger partial charge in [0.2, 0.25) is 0 Å². The van der Waals surface area contributed by atoms with Crippen molar-refractivity contribution < 1.29 is 77.7 Å². The molecule has 0 unspecified atom stereocenters. The molecule has 3 aliphatic carbocycles. The first-order chi connectivity index (χ1) is 31.6. The lowest BCUT2D eigenvalue weighted by molar-refractivity contribution is -0.345. The number of nitrogens with one attached hydrogen (secondary N) is 2. The van der Waals surface area contributed by atoms with Crippen LogP contribution in [0.3, 0.4) is 0 Å². The number of Topliss-reactive ketones (excluding diaryl/α,β-unsaturated/α-hetero) is 1. The molecule has 1 saturated heterocycles. The van der Waals surface area contributed by atoms with E-state index in [9.17, 15) is 49.2 Å². The Balaban J connectivity index is 1.41. The number of carboxylic acid groups (broad SMARTS) is 1. The smallest absolute Gasteiger partial charge is 0.408 e. The summed E-state index contributed by atoms with van der Waals surface area (Å²) >= 11 is 0. The van der Waals surface area contributed by atoms with E-state index in [4.69, 9.17) is 23.7 Å². The number of rotatable bonds is 12. The average Bonchev–Trinajstić information content (AvgIpc) is 3.29. The first kappa shape index (κ1) is 48.5. The van der Waals surface area contributed by atoms with Gasteiger partial charge in [0.25, 0.3) is 5.91 Å². The molecule has 6 N–H and O–H groups in total. The van der Waals surface area contributed by atoms with Crippen LogP contribution < -0.4 is 10.6 Å². The van der Waals surface area contributed by atoms with Crippen molar-refractivity contribution in [2.24, 2.45) is 16.7 Å². The monoisotopic (exact) mass is 926 g/mol. The number of carbonyl (C=O) groups is 7. The second-order valence-electron chi connectivity index (χ2n) is 18.4. The van der Waals surface area contributed by atoms with Crippen LogP contribution >= 0.6 is 0 Å². The van der Waals surface area contributed by atoms with E-state index in [1.807, 2.05) is 0 Å². The molecule has 12 atom stereocenters. The summed E-state index contributed by atoms with van der Waals surface area (Å²) in [7, 11) is 0. The van der Waals surface area contributed by atoms with Gasteiger partial charge in [-0.15, -0.1) is 0 Å². The molecule has 2 saturated carbocycles. The van der Waals surface area contributed by atoms with Gasteiger partial charge in [-0.3, -0.25) is 19.2 Å². The molecule has 4 aliphatic rings. The van der Waals surface area contributed by atoms with E-state index in [0.29, 0.717) is 5.56 Å². The van der Waals surface area contributed by atoms with Gasteiger partial charge in [-0.1, -0.05) is 80.6 Å². The lowest BCUT2D eigenvalue weighted by Gasteiger charge is -2.67. The van der Waals surface area contributed by atoms with Crippen molar-refractivity contribution in [2.75, 3.05) is 6.61 Å². The number of fused-ring (bicyclic) bond motifs is 5. The van der Waals surface area contributed by atoms with E-state index in [0.717, 1.165) is 13.8 Å². The molecule has 2 amide bonds. The van der Waals surface area contributed by atoms with E-state index in [1.54, 1.807) is 66.7 Å². The van der Waals surface area contributed by atoms with E-state index in [-0.39, 0.29) is 28.7 Å². The van der Waals surface area contributed by atoms with E-state index < -0.39 is 131 Å². The van der Waals surface area contributed by atoms with Crippen molar-refractivity contribution in [1.29, 1.82) is 0 Å². The zero-order valence-corrected chi connectivity index (χ0v) is 37.7. The SMILES string of the molecule is CC(=O)O[C@@]12CO[C@@H]1C[C@H](O)[C@@]1(C)C(=O)[C@H](OC(=O)N[C@H](C)C(=O)O)C3=C(C)[C@@H](OC(=O)[C@H](O)[C@@H](NC(=O)c4ccccc4)c4ccccc4)C[C@@](O)([C@@H](OC(=O)c4ccccc4)[C@H]21)C3(C)C. The van der Waals surface area contributed by atoms with Crippen LogP contribution in [0, 0.1) is 16.7 Å². The number of aliphatic carboxylic acids is 1. The number of ether oxygens (including phenoxy) is 5. The average molecular weight is 927 g/mol. The second kappa shape index (κ2) is 18.3. The molecule has 7 rings (SSSR count). The minimum Gasteiger partial charge on any atom is -0.480 e. The van der Waals surface area contributed by atoms with E-state index >= 15 is 4.79 Å². The summed E-state index contributed by atoms with van der Waals surface area (Å²) in [4.78, 5) is 96.7. The van der Waals surface area contributed by atoms with Crippen LogP contribution in [0.5, 0.6) is 0 Å². The normalized spacial score (nSPS) is 30.7.